The van der Waals surface area contributed by atoms with Gasteiger partial charge in [0.05, 0.1) is 5.69 Å². The van der Waals surface area contributed by atoms with Gasteiger partial charge in [-0.1, -0.05) is 29.8 Å². The zero-order chi connectivity index (χ0) is 12.3. The van der Waals surface area contributed by atoms with E-state index >= 15 is 0 Å². The van der Waals surface area contributed by atoms with Gasteiger partial charge in [-0.2, -0.15) is 0 Å². The third-order valence-electron chi connectivity index (χ3n) is 2.44. The van der Waals surface area contributed by atoms with Crippen LogP contribution in [0, 0.1) is 12.7 Å². The van der Waals surface area contributed by atoms with E-state index in [1.807, 2.05) is 19.1 Å². The van der Waals surface area contributed by atoms with Crippen molar-refractivity contribution in [3.05, 3.63) is 65.5 Å². The van der Waals surface area contributed by atoms with Gasteiger partial charge in [0.2, 0.25) is 0 Å². The average Bonchev–Trinajstić information content (AvgIpc) is 2.33. The molecule has 0 radical (unpaired) electrons. The molecule has 0 atom stereocenters. The second kappa shape index (κ2) is 4.78. The van der Waals surface area contributed by atoms with Gasteiger partial charge in [-0.15, -0.1) is 0 Å². The number of carbonyl (C=O) groups is 1. The Morgan fingerprint density at radius 1 is 1.06 bits per heavy atom. The van der Waals surface area contributed by atoms with Crippen LogP contribution in [0.5, 0.6) is 0 Å². The Morgan fingerprint density at radius 3 is 2.35 bits per heavy atom. The van der Waals surface area contributed by atoms with Gasteiger partial charge >= 0.3 is 0 Å². The minimum atomic E-state index is -0.437. The van der Waals surface area contributed by atoms with Gasteiger partial charge in [0.1, 0.15) is 5.82 Å². The van der Waals surface area contributed by atoms with Crippen LogP contribution in [-0.4, -0.2) is 5.91 Å². The van der Waals surface area contributed by atoms with Crippen molar-refractivity contribution in [2.24, 2.45) is 0 Å². The van der Waals surface area contributed by atoms with E-state index in [0.717, 1.165) is 5.56 Å². The molecule has 0 aliphatic carbocycles. The van der Waals surface area contributed by atoms with E-state index in [-0.39, 0.29) is 11.6 Å². The smallest absolute Gasteiger partial charge is 0.255 e. The molecule has 2 rings (SSSR count). The van der Waals surface area contributed by atoms with E-state index in [2.05, 4.69) is 5.32 Å². The van der Waals surface area contributed by atoms with Crippen LogP contribution in [0.4, 0.5) is 10.1 Å². The monoisotopic (exact) mass is 229 g/mol. The SMILES string of the molecule is Cc1ccc(C(=O)Nc2ccccc2F)cc1. The average molecular weight is 229 g/mol. The zero-order valence-corrected chi connectivity index (χ0v) is 9.41. The van der Waals surface area contributed by atoms with Crippen LogP contribution in [0.3, 0.4) is 0 Å². The van der Waals surface area contributed by atoms with E-state index in [9.17, 15) is 9.18 Å². The fraction of sp³-hybridized carbons (Fsp3) is 0.0714. The summed E-state index contributed by atoms with van der Waals surface area (Å²) in [5.74, 6) is -0.747. The topological polar surface area (TPSA) is 29.1 Å². The Kier molecular flexibility index (Phi) is 3.19. The van der Waals surface area contributed by atoms with Crippen molar-refractivity contribution >= 4 is 11.6 Å². The largest absolute Gasteiger partial charge is 0.319 e. The molecule has 0 bridgehead atoms. The molecule has 1 N–H and O–H groups in total. The van der Waals surface area contributed by atoms with Crippen molar-refractivity contribution in [1.29, 1.82) is 0 Å². The maximum absolute atomic E-state index is 13.3. The summed E-state index contributed by atoms with van der Waals surface area (Å²) in [4.78, 5) is 11.8. The van der Waals surface area contributed by atoms with E-state index in [0.29, 0.717) is 5.56 Å². The van der Waals surface area contributed by atoms with Crippen LogP contribution in [0.2, 0.25) is 0 Å². The van der Waals surface area contributed by atoms with Crippen molar-refractivity contribution in [1.82, 2.24) is 0 Å². The number of hydrogen-bond donors (Lipinski definition) is 1. The quantitative estimate of drug-likeness (QED) is 0.840. The highest BCUT2D eigenvalue weighted by atomic mass is 19.1. The molecule has 1 amide bonds. The summed E-state index contributed by atoms with van der Waals surface area (Å²) in [5.41, 5.74) is 1.78. The lowest BCUT2D eigenvalue weighted by Gasteiger charge is -2.06. The summed E-state index contributed by atoms with van der Waals surface area (Å²) in [7, 11) is 0. The Morgan fingerprint density at radius 2 is 1.71 bits per heavy atom. The summed E-state index contributed by atoms with van der Waals surface area (Å²) in [5, 5.41) is 2.53. The summed E-state index contributed by atoms with van der Waals surface area (Å²) in [6.07, 6.45) is 0. The van der Waals surface area contributed by atoms with Gasteiger partial charge in [0.15, 0.2) is 0 Å². The Balaban J connectivity index is 2.17. The first kappa shape index (κ1) is 11.3. The predicted octanol–water partition coefficient (Wildman–Crippen LogP) is 3.39. The molecule has 0 heterocycles. The highest BCUT2D eigenvalue weighted by Gasteiger charge is 2.07. The molecule has 0 unspecified atom stereocenters. The fourth-order valence-corrected chi connectivity index (χ4v) is 1.46. The van der Waals surface area contributed by atoms with E-state index in [4.69, 9.17) is 0 Å². The van der Waals surface area contributed by atoms with Crippen molar-refractivity contribution in [2.45, 2.75) is 6.92 Å². The first-order valence-electron chi connectivity index (χ1n) is 5.29. The normalized spacial score (nSPS) is 10.0. The maximum atomic E-state index is 13.3. The van der Waals surface area contributed by atoms with Gasteiger partial charge in [-0.05, 0) is 31.2 Å². The number of anilines is 1. The van der Waals surface area contributed by atoms with Crippen molar-refractivity contribution < 1.29 is 9.18 Å². The van der Waals surface area contributed by atoms with Gasteiger partial charge in [0.25, 0.3) is 5.91 Å². The lowest BCUT2D eigenvalue weighted by molar-refractivity contribution is 0.102. The summed E-state index contributed by atoms with van der Waals surface area (Å²) >= 11 is 0. The molecule has 86 valence electrons. The molecule has 0 spiro atoms. The molecule has 0 saturated carbocycles. The summed E-state index contributed by atoms with van der Waals surface area (Å²) < 4.78 is 13.3. The summed E-state index contributed by atoms with van der Waals surface area (Å²) in [6, 6.07) is 13.2. The molecular formula is C14H12FNO. The van der Waals surface area contributed by atoms with Crippen LogP contribution in [0.15, 0.2) is 48.5 Å². The van der Waals surface area contributed by atoms with E-state index in [1.165, 1.54) is 12.1 Å². The Bertz CT molecular complexity index is 534. The highest BCUT2D eigenvalue weighted by molar-refractivity contribution is 6.04. The molecule has 2 aromatic rings. The van der Waals surface area contributed by atoms with Crippen LogP contribution in [-0.2, 0) is 0 Å². The zero-order valence-electron chi connectivity index (χ0n) is 9.41. The highest BCUT2D eigenvalue weighted by Crippen LogP contribution is 2.14. The number of carbonyl (C=O) groups excluding carboxylic acids is 1. The number of halogens is 1. The first-order valence-corrected chi connectivity index (χ1v) is 5.29. The third kappa shape index (κ3) is 2.69. The van der Waals surface area contributed by atoms with Gasteiger partial charge in [-0.25, -0.2) is 4.39 Å². The lowest BCUT2D eigenvalue weighted by Crippen LogP contribution is -2.12. The number of hydrogen-bond acceptors (Lipinski definition) is 1. The third-order valence-corrected chi connectivity index (χ3v) is 2.44. The number of rotatable bonds is 2. The minimum absolute atomic E-state index is 0.193. The van der Waals surface area contributed by atoms with Crippen LogP contribution < -0.4 is 5.32 Å². The van der Waals surface area contributed by atoms with E-state index < -0.39 is 5.82 Å². The number of benzene rings is 2. The molecule has 0 fully saturated rings. The fourth-order valence-electron chi connectivity index (χ4n) is 1.46. The van der Waals surface area contributed by atoms with E-state index in [1.54, 1.807) is 24.3 Å². The van der Waals surface area contributed by atoms with Crippen LogP contribution in [0.1, 0.15) is 15.9 Å². The Hall–Kier alpha value is -2.16. The first-order chi connectivity index (χ1) is 8.16. The van der Waals surface area contributed by atoms with Crippen molar-refractivity contribution in [3.8, 4) is 0 Å². The molecule has 0 aromatic heterocycles. The Labute approximate surface area is 99.1 Å². The second-order valence-electron chi connectivity index (χ2n) is 3.80. The minimum Gasteiger partial charge on any atom is -0.319 e. The molecule has 0 aliphatic heterocycles. The van der Waals surface area contributed by atoms with Crippen molar-refractivity contribution in [3.63, 3.8) is 0 Å². The molecule has 3 heteroatoms. The molecular weight excluding hydrogens is 217 g/mol. The van der Waals surface area contributed by atoms with Gasteiger partial charge < -0.3 is 5.32 Å². The number of para-hydroxylation sites is 1. The molecule has 0 saturated heterocycles. The van der Waals surface area contributed by atoms with Crippen molar-refractivity contribution in [2.75, 3.05) is 5.32 Å². The van der Waals surface area contributed by atoms with Crippen LogP contribution in [0.25, 0.3) is 0 Å². The lowest BCUT2D eigenvalue weighted by atomic mass is 10.1. The molecule has 2 nitrogen and oxygen atoms in total. The number of aryl methyl sites for hydroxylation is 1. The second-order valence-corrected chi connectivity index (χ2v) is 3.80. The number of nitrogens with one attached hydrogen (secondary N) is 1. The van der Waals surface area contributed by atoms with Crippen LogP contribution >= 0.6 is 0 Å². The maximum Gasteiger partial charge on any atom is 0.255 e. The van der Waals surface area contributed by atoms with Gasteiger partial charge in [0, 0.05) is 5.56 Å². The number of amides is 1. The van der Waals surface area contributed by atoms with Gasteiger partial charge in [-0.3, -0.25) is 4.79 Å². The standard InChI is InChI=1S/C14H12FNO/c1-10-6-8-11(9-7-10)14(17)16-13-5-3-2-4-12(13)15/h2-9H,1H3,(H,16,17). The molecule has 2 aromatic carbocycles. The predicted molar refractivity (Wildman–Crippen MR) is 65.5 cm³/mol. The summed E-state index contributed by atoms with van der Waals surface area (Å²) in [6.45, 7) is 1.94. The molecule has 0 aliphatic rings. The molecule has 17 heavy (non-hydrogen) atoms.